The van der Waals surface area contributed by atoms with Gasteiger partial charge in [-0.15, -0.1) is 11.8 Å². The number of nitrogen functional groups attached to an aromatic ring is 1. The summed E-state index contributed by atoms with van der Waals surface area (Å²) in [6.07, 6.45) is 0. The van der Waals surface area contributed by atoms with E-state index in [1.807, 2.05) is 19.9 Å². The molecule has 2 N–H and O–H groups in total. The number of hydrogen-bond acceptors (Lipinski definition) is 3. The summed E-state index contributed by atoms with van der Waals surface area (Å²) in [5.74, 6) is 0.452. The first-order chi connectivity index (χ1) is 8.93. The molecule has 0 spiro atoms. The molecule has 0 radical (unpaired) electrons. The molecule has 0 aliphatic heterocycles. The Balaban J connectivity index is 2.60. The number of thioether (sulfide) groups is 1. The molecule has 3 nitrogen and oxygen atoms in total. The third-order valence-electron chi connectivity index (χ3n) is 2.50. The second kappa shape index (κ2) is 7.46. The largest absolute Gasteiger partial charge is 0.399 e. The minimum Gasteiger partial charge on any atom is -0.399 e. The maximum absolute atomic E-state index is 12.1. The van der Waals surface area contributed by atoms with Gasteiger partial charge in [0, 0.05) is 23.7 Å². The predicted octanol–water partition coefficient (Wildman–Crippen LogP) is 3.44. The van der Waals surface area contributed by atoms with Crippen LogP contribution in [0.4, 0.5) is 5.69 Å². The molecule has 0 saturated carbocycles. The highest BCUT2D eigenvalue weighted by Crippen LogP contribution is 2.28. The molecule has 1 amide bonds. The molecule has 0 aliphatic rings. The van der Waals surface area contributed by atoms with Crippen LogP contribution in [0.5, 0.6) is 0 Å². The van der Waals surface area contributed by atoms with Gasteiger partial charge in [-0.1, -0.05) is 23.8 Å². The number of nitrogens with two attached hydrogens (primary N) is 1. The fourth-order valence-electron chi connectivity index (χ4n) is 1.57. The molecular weight excluding hydrogens is 280 g/mol. The van der Waals surface area contributed by atoms with Gasteiger partial charge in [-0.25, -0.2) is 0 Å². The van der Waals surface area contributed by atoms with Gasteiger partial charge in [0.1, 0.15) is 0 Å². The second-order valence-electron chi connectivity index (χ2n) is 4.34. The standard InChI is InChI=1S/C14H19ClN2OS/c1-4-17(8-10(2)3)14(18)9-19-13-6-5-11(16)7-12(13)15/h5-7H,2,4,8-9,16H2,1,3H3. The lowest BCUT2D eigenvalue weighted by atomic mass is 10.3. The average molecular weight is 299 g/mol. The Kier molecular flexibility index (Phi) is 6.25. The summed E-state index contributed by atoms with van der Waals surface area (Å²) in [7, 11) is 0. The van der Waals surface area contributed by atoms with Crippen LogP contribution in [0, 0.1) is 0 Å². The minimum atomic E-state index is 0.0865. The van der Waals surface area contributed by atoms with E-state index in [4.69, 9.17) is 17.3 Å². The number of nitrogens with zero attached hydrogens (tertiary/aromatic N) is 1. The molecule has 1 aromatic rings. The molecule has 1 rings (SSSR count). The number of hydrogen-bond donors (Lipinski definition) is 1. The summed E-state index contributed by atoms with van der Waals surface area (Å²) in [6, 6.07) is 5.31. The lowest BCUT2D eigenvalue weighted by Gasteiger charge is -2.20. The van der Waals surface area contributed by atoms with Gasteiger partial charge in [-0.05, 0) is 32.0 Å². The van der Waals surface area contributed by atoms with E-state index < -0.39 is 0 Å². The zero-order valence-electron chi connectivity index (χ0n) is 11.3. The third kappa shape index (κ3) is 5.17. The maximum atomic E-state index is 12.1. The first-order valence-corrected chi connectivity index (χ1v) is 7.40. The van der Waals surface area contributed by atoms with Gasteiger partial charge in [-0.3, -0.25) is 4.79 Å². The van der Waals surface area contributed by atoms with Crippen molar-refractivity contribution >= 4 is 35.0 Å². The summed E-state index contributed by atoms with van der Waals surface area (Å²) < 4.78 is 0. The van der Waals surface area contributed by atoms with Gasteiger partial charge in [0.05, 0.1) is 10.8 Å². The van der Waals surface area contributed by atoms with E-state index in [1.54, 1.807) is 17.0 Å². The predicted molar refractivity (Wildman–Crippen MR) is 83.7 cm³/mol. The van der Waals surface area contributed by atoms with Crippen LogP contribution in [-0.4, -0.2) is 29.6 Å². The fourth-order valence-corrected chi connectivity index (χ4v) is 2.74. The molecule has 19 heavy (non-hydrogen) atoms. The van der Waals surface area contributed by atoms with Gasteiger partial charge >= 0.3 is 0 Å². The highest BCUT2D eigenvalue weighted by molar-refractivity contribution is 8.00. The number of amides is 1. The summed E-state index contributed by atoms with van der Waals surface area (Å²) in [5.41, 5.74) is 7.23. The van der Waals surface area contributed by atoms with Crippen molar-refractivity contribution in [2.24, 2.45) is 0 Å². The van der Waals surface area contributed by atoms with Gasteiger partial charge in [0.15, 0.2) is 0 Å². The Bertz CT molecular complexity index is 477. The van der Waals surface area contributed by atoms with Crippen LogP contribution in [0.2, 0.25) is 5.02 Å². The molecule has 0 unspecified atom stereocenters. The molecule has 0 saturated heterocycles. The smallest absolute Gasteiger partial charge is 0.233 e. The van der Waals surface area contributed by atoms with E-state index in [-0.39, 0.29) is 5.91 Å². The SMILES string of the molecule is C=C(C)CN(CC)C(=O)CSc1ccc(N)cc1Cl. The summed E-state index contributed by atoms with van der Waals surface area (Å²) in [4.78, 5) is 14.7. The Morgan fingerprint density at radius 2 is 2.21 bits per heavy atom. The van der Waals surface area contributed by atoms with E-state index in [2.05, 4.69) is 6.58 Å². The number of rotatable bonds is 6. The van der Waals surface area contributed by atoms with E-state index in [1.165, 1.54) is 11.8 Å². The fraction of sp³-hybridized carbons (Fsp3) is 0.357. The number of likely N-dealkylation sites (N-methyl/N-ethyl adjacent to an activating group) is 1. The molecule has 104 valence electrons. The monoisotopic (exact) mass is 298 g/mol. The van der Waals surface area contributed by atoms with Crippen LogP contribution in [0.3, 0.4) is 0 Å². The van der Waals surface area contributed by atoms with Gasteiger partial charge in [0.2, 0.25) is 5.91 Å². The van der Waals surface area contributed by atoms with E-state index >= 15 is 0 Å². The van der Waals surface area contributed by atoms with Crippen LogP contribution in [0.15, 0.2) is 35.2 Å². The summed E-state index contributed by atoms with van der Waals surface area (Å²) in [6.45, 7) is 8.99. The second-order valence-corrected chi connectivity index (χ2v) is 5.77. The maximum Gasteiger partial charge on any atom is 0.233 e. The zero-order chi connectivity index (χ0) is 14.4. The van der Waals surface area contributed by atoms with Gasteiger partial charge in [0.25, 0.3) is 0 Å². The number of anilines is 1. The van der Waals surface area contributed by atoms with Crippen molar-refractivity contribution in [1.82, 2.24) is 4.90 Å². The summed E-state index contributed by atoms with van der Waals surface area (Å²) in [5, 5.41) is 0.584. The highest BCUT2D eigenvalue weighted by Gasteiger charge is 2.12. The first-order valence-electron chi connectivity index (χ1n) is 6.04. The van der Waals surface area contributed by atoms with Crippen LogP contribution in [-0.2, 0) is 4.79 Å². The molecule has 0 aromatic heterocycles. The first kappa shape index (κ1) is 15.9. The average Bonchev–Trinajstić information content (AvgIpc) is 2.34. The number of benzene rings is 1. The van der Waals surface area contributed by atoms with Crippen molar-refractivity contribution in [3.05, 3.63) is 35.4 Å². The van der Waals surface area contributed by atoms with Crippen molar-refractivity contribution in [2.45, 2.75) is 18.7 Å². The van der Waals surface area contributed by atoms with Crippen LogP contribution in [0.1, 0.15) is 13.8 Å². The highest BCUT2D eigenvalue weighted by atomic mass is 35.5. The quantitative estimate of drug-likeness (QED) is 0.497. The van der Waals surface area contributed by atoms with Crippen molar-refractivity contribution in [3.8, 4) is 0 Å². The molecule has 0 fully saturated rings. The topological polar surface area (TPSA) is 46.3 Å². The molecule has 0 heterocycles. The normalized spacial score (nSPS) is 10.3. The van der Waals surface area contributed by atoms with Crippen LogP contribution < -0.4 is 5.73 Å². The Morgan fingerprint density at radius 1 is 1.53 bits per heavy atom. The minimum absolute atomic E-state index is 0.0865. The molecule has 0 bridgehead atoms. The van der Waals surface area contributed by atoms with E-state index in [0.29, 0.717) is 29.6 Å². The Labute approximate surface area is 123 Å². The van der Waals surface area contributed by atoms with E-state index in [9.17, 15) is 4.79 Å². The zero-order valence-corrected chi connectivity index (χ0v) is 12.9. The number of halogens is 1. The third-order valence-corrected chi connectivity index (χ3v) is 3.99. The molecule has 1 aromatic carbocycles. The molecule has 0 atom stereocenters. The van der Waals surface area contributed by atoms with Crippen LogP contribution >= 0.6 is 23.4 Å². The lowest BCUT2D eigenvalue weighted by molar-refractivity contribution is -0.127. The summed E-state index contributed by atoms with van der Waals surface area (Å²) >= 11 is 7.50. The Morgan fingerprint density at radius 3 is 2.74 bits per heavy atom. The van der Waals surface area contributed by atoms with Gasteiger partial charge < -0.3 is 10.6 Å². The molecule has 5 heteroatoms. The lowest BCUT2D eigenvalue weighted by Crippen LogP contribution is -2.33. The number of carbonyl (C=O) groups is 1. The number of carbonyl (C=O) groups excluding carboxylic acids is 1. The molecule has 0 aliphatic carbocycles. The van der Waals surface area contributed by atoms with Crippen LogP contribution in [0.25, 0.3) is 0 Å². The Hall–Kier alpha value is -1.13. The van der Waals surface area contributed by atoms with Crippen molar-refractivity contribution < 1.29 is 4.79 Å². The van der Waals surface area contributed by atoms with Crippen molar-refractivity contribution in [2.75, 3.05) is 24.6 Å². The van der Waals surface area contributed by atoms with Gasteiger partial charge in [-0.2, -0.15) is 0 Å². The van der Waals surface area contributed by atoms with Crippen molar-refractivity contribution in [1.29, 1.82) is 0 Å². The van der Waals surface area contributed by atoms with E-state index in [0.717, 1.165) is 10.5 Å². The molecular formula is C14H19ClN2OS. The van der Waals surface area contributed by atoms with Crippen molar-refractivity contribution in [3.63, 3.8) is 0 Å².